The molecule has 7 nitrogen and oxygen atoms in total. The van der Waals surface area contributed by atoms with Crippen molar-refractivity contribution >= 4 is 17.8 Å². The molecular weight excluding hydrogens is 320 g/mol. The standard InChI is InChI=1S/C18H24N4O3/c23-16(10-9-15-17(24)21-18(25)20-15)22(14-7-2-1-3-8-14)12-13-6-4-5-11-19-13/h4-6,11,14-15H,1-3,7-10,12H2,(H2,20,21,24,25). The highest BCUT2D eigenvalue weighted by Gasteiger charge is 2.31. The van der Waals surface area contributed by atoms with Crippen LogP contribution < -0.4 is 10.6 Å². The summed E-state index contributed by atoms with van der Waals surface area (Å²) in [5.74, 6) is -0.335. The van der Waals surface area contributed by atoms with Gasteiger partial charge in [-0.05, 0) is 31.4 Å². The second kappa shape index (κ2) is 8.09. The van der Waals surface area contributed by atoms with Gasteiger partial charge >= 0.3 is 6.03 Å². The molecule has 0 bridgehead atoms. The molecular formula is C18H24N4O3. The first kappa shape index (κ1) is 17.4. The zero-order chi connectivity index (χ0) is 17.6. The fourth-order valence-electron chi connectivity index (χ4n) is 3.55. The number of aromatic nitrogens is 1. The summed E-state index contributed by atoms with van der Waals surface area (Å²) in [5.41, 5.74) is 0.869. The molecule has 2 aliphatic rings. The average Bonchev–Trinajstić information content (AvgIpc) is 2.96. The second-order valence-corrected chi connectivity index (χ2v) is 6.69. The molecule has 1 saturated heterocycles. The second-order valence-electron chi connectivity index (χ2n) is 6.69. The minimum atomic E-state index is -0.612. The lowest BCUT2D eigenvalue weighted by molar-refractivity contribution is -0.135. The number of nitrogens with one attached hydrogen (secondary N) is 2. The molecule has 25 heavy (non-hydrogen) atoms. The Morgan fingerprint density at radius 2 is 2.00 bits per heavy atom. The molecule has 1 aliphatic heterocycles. The molecule has 0 spiro atoms. The normalized spacial score (nSPS) is 20.9. The van der Waals surface area contributed by atoms with Crippen molar-refractivity contribution in [3.8, 4) is 0 Å². The Kier molecular flexibility index (Phi) is 5.63. The Labute approximate surface area is 147 Å². The van der Waals surface area contributed by atoms with E-state index < -0.39 is 12.1 Å². The van der Waals surface area contributed by atoms with Crippen LogP contribution in [0.2, 0.25) is 0 Å². The van der Waals surface area contributed by atoms with Gasteiger partial charge in [-0.3, -0.25) is 19.9 Å². The zero-order valence-corrected chi connectivity index (χ0v) is 14.2. The van der Waals surface area contributed by atoms with E-state index in [2.05, 4.69) is 15.6 Å². The van der Waals surface area contributed by atoms with Crippen molar-refractivity contribution in [3.63, 3.8) is 0 Å². The molecule has 1 aromatic rings. The number of amides is 4. The number of carbonyl (C=O) groups excluding carboxylic acids is 3. The summed E-state index contributed by atoms with van der Waals surface area (Å²) in [6.07, 6.45) is 7.81. The number of imide groups is 1. The highest BCUT2D eigenvalue weighted by Crippen LogP contribution is 2.25. The molecule has 0 radical (unpaired) electrons. The van der Waals surface area contributed by atoms with Crippen molar-refractivity contribution in [2.45, 2.75) is 63.6 Å². The number of pyridine rings is 1. The molecule has 4 amide bonds. The predicted octanol–water partition coefficient (Wildman–Crippen LogP) is 1.73. The summed E-state index contributed by atoms with van der Waals surface area (Å²) in [6, 6.07) is 4.84. The molecule has 1 atom stereocenters. The van der Waals surface area contributed by atoms with Gasteiger partial charge in [0.1, 0.15) is 6.04 Å². The Morgan fingerprint density at radius 3 is 2.64 bits per heavy atom. The van der Waals surface area contributed by atoms with E-state index in [0.29, 0.717) is 13.0 Å². The molecule has 1 unspecified atom stereocenters. The van der Waals surface area contributed by atoms with Crippen LogP contribution in [0.1, 0.15) is 50.6 Å². The highest BCUT2D eigenvalue weighted by atomic mass is 16.2. The molecule has 7 heteroatoms. The lowest BCUT2D eigenvalue weighted by Gasteiger charge is -2.34. The molecule has 1 aromatic heterocycles. The third-order valence-corrected chi connectivity index (χ3v) is 4.90. The first-order valence-electron chi connectivity index (χ1n) is 8.94. The van der Waals surface area contributed by atoms with Crippen molar-refractivity contribution in [2.24, 2.45) is 0 Å². The fourth-order valence-corrected chi connectivity index (χ4v) is 3.55. The van der Waals surface area contributed by atoms with E-state index in [1.165, 1.54) is 6.42 Å². The average molecular weight is 344 g/mol. The van der Waals surface area contributed by atoms with Crippen LogP contribution in [0.4, 0.5) is 4.79 Å². The van der Waals surface area contributed by atoms with Crippen molar-refractivity contribution in [2.75, 3.05) is 0 Å². The van der Waals surface area contributed by atoms with E-state index in [1.807, 2.05) is 23.1 Å². The van der Waals surface area contributed by atoms with Gasteiger partial charge in [0.05, 0.1) is 12.2 Å². The van der Waals surface area contributed by atoms with E-state index >= 15 is 0 Å². The highest BCUT2D eigenvalue weighted by molar-refractivity contribution is 6.04. The first-order chi connectivity index (χ1) is 12.1. The molecule has 1 saturated carbocycles. The van der Waals surface area contributed by atoms with Crippen molar-refractivity contribution in [3.05, 3.63) is 30.1 Å². The molecule has 134 valence electrons. The minimum Gasteiger partial charge on any atom is -0.334 e. The summed E-state index contributed by atoms with van der Waals surface area (Å²) < 4.78 is 0. The Balaban J connectivity index is 1.64. The van der Waals surface area contributed by atoms with E-state index in [4.69, 9.17) is 0 Å². The van der Waals surface area contributed by atoms with Gasteiger partial charge in [-0.1, -0.05) is 25.3 Å². The monoisotopic (exact) mass is 344 g/mol. The summed E-state index contributed by atoms with van der Waals surface area (Å²) in [6.45, 7) is 0.494. The number of nitrogens with zero attached hydrogens (tertiary/aromatic N) is 2. The maximum absolute atomic E-state index is 12.8. The van der Waals surface area contributed by atoms with E-state index in [1.54, 1.807) is 6.20 Å². The number of urea groups is 1. The maximum Gasteiger partial charge on any atom is 0.322 e. The Hall–Kier alpha value is -2.44. The minimum absolute atomic E-state index is 0.0199. The number of hydrogen-bond donors (Lipinski definition) is 2. The van der Waals surface area contributed by atoms with Crippen molar-refractivity contribution in [1.29, 1.82) is 0 Å². The zero-order valence-electron chi connectivity index (χ0n) is 14.2. The van der Waals surface area contributed by atoms with Gasteiger partial charge in [-0.25, -0.2) is 4.79 Å². The van der Waals surface area contributed by atoms with Gasteiger partial charge < -0.3 is 10.2 Å². The molecule has 3 rings (SSSR count). The van der Waals surface area contributed by atoms with Crippen LogP contribution in [0.15, 0.2) is 24.4 Å². The van der Waals surface area contributed by atoms with E-state index in [0.717, 1.165) is 31.4 Å². The third-order valence-electron chi connectivity index (χ3n) is 4.90. The van der Waals surface area contributed by atoms with Crippen LogP contribution in [-0.2, 0) is 16.1 Å². The smallest absolute Gasteiger partial charge is 0.322 e. The maximum atomic E-state index is 12.8. The lowest BCUT2D eigenvalue weighted by Crippen LogP contribution is -2.42. The molecule has 1 aliphatic carbocycles. The number of rotatable bonds is 6. The summed E-state index contributed by atoms with van der Waals surface area (Å²) in [7, 11) is 0. The Bertz CT molecular complexity index is 628. The number of hydrogen-bond acceptors (Lipinski definition) is 4. The van der Waals surface area contributed by atoms with Gasteiger partial charge in [0.2, 0.25) is 5.91 Å². The predicted molar refractivity (Wildman–Crippen MR) is 91.4 cm³/mol. The van der Waals surface area contributed by atoms with Crippen LogP contribution in [0, 0.1) is 0 Å². The SMILES string of the molecule is O=C1NC(=O)C(CCC(=O)N(Cc2ccccn2)C2CCCCC2)N1. The fraction of sp³-hybridized carbons (Fsp3) is 0.556. The lowest BCUT2D eigenvalue weighted by atomic mass is 9.93. The van der Waals surface area contributed by atoms with Crippen molar-refractivity contribution < 1.29 is 14.4 Å². The van der Waals surface area contributed by atoms with Crippen molar-refractivity contribution in [1.82, 2.24) is 20.5 Å². The van der Waals surface area contributed by atoms with Gasteiger partial charge in [-0.15, -0.1) is 0 Å². The number of carbonyl (C=O) groups is 3. The molecule has 2 fully saturated rings. The topological polar surface area (TPSA) is 91.4 Å². The van der Waals surface area contributed by atoms with Crippen LogP contribution in [-0.4, -0.2) is 39.8 Å². The molecule has 2 N–H and O–H groups in total. The quantitative estimate of drug-likeness (QED) is 0.769. The first-order valence-corrected chi connectivity index (χ1v) is 8.94. The van der Waals surface area contributed by atoms with Gasteiger partial charge in [0.15, 0.2) is 0 Å². The van der Waals surface area contributed by atoms with Crippen LogP contribution in [0.5, 0.6) is 0 Å². The third kappa shape index (κ3) is 4.55. The van der Waals surface area contributed by atoms with Gasteiger partial charge in [-0.2, -0.15) is 0 Å². The molecule has 2 heterocycles. The van der Waals surface area contributed by atoms with E-state index in [-0.39, 0.29) is 24.3 Å². The van der Waals surface area contributed by atoms with Gasteiger partial charge in [0.25, 0.3) is 5.91 Å². The van der Waals surface area contributed by atoms with Crippen LogP contribution in [0.3, 0.4) is 0 Å². The Morgan fingerprint density at radius 1 is 1.20 bits per heavy atom. The van der Waals surface area contributed by atoms with E-state index in [9.17, 15) is 14.4 Å². The summed E-state index contributed by atoms with van der Waals surface area (Å²) in [4.78, 5) is 41.9. The molecule has 0 aromatic carbocycles. The van der Waals surface area contributed by atoms with Crippen LogP contribution >= 0.6 is 0 Å². The summed E-state index contributed by atoms with van der Waals surface area (Å²) in [5, 5.41) is 4.74. The summed E-state index contributed by atoms with van der Waals surface area (Å²) >= 11 is 0. The largest absolute Gasteiger partial charge is 0.334 e. The van der Waals surface area contributed by atoms with Crippen LogP contribution in [0.25, 0.3) is 0 Å². The van der Waals surface area contributed by atoms with Gasteiger partial charge in [0, 0.05) is 18.7 Å².